The number of nitrogens with zero attached hydrogens (tertiary/aromatic N) is 1. The molecule has 140 valence electrons. The van der Waals surface area contributed by atoms with Crippen molar-refractivity contribution in [3.63, 3.8) is 0 Å². The molecule has 0 saturated heterocycles. The first-order valence-corrected chi connectivity index (χ1v) is 9.41. The molecule has 1 aliphatic carbocycles. The molecule has 0 bridgehead atoms. The summed E-state index contributed by atoms with van der Waals surface area (Å²) in [5.41, 5.74) is 2.65. The van der Waals surface area contributed by atoms with Crippen LogP contribution in [-0.2, 0) is 6.54 Å². The summed E-state index contributed by atoms with van der Waals surface area (Å²) in [5, 5.41) is 9.35. The Labute approximate surface area is 159 Å². The van der Waals surface area contributed by atoms with Crippen molar-refractivity contribution in [3.05, 3.63) is 59.7 Å². The van der Waals surface area contributed by atoms with Gasteiger partial charge in [-0.2, -0.15) is 0 Å². The molecule has 2 aromatic rings. The van der Waals surface area contributed by atoms with E-state index in [1.807, 2.05) is 36.4 Å². The molecule has 3 N–H and O–H groups in total. The van der Waals surface area contributed by atoms with E-state index in [0.717, 1.165) is 48.6 Å². The van der Waals surface area contributed by atoms with Gasteiger partial charge in [0.15, 0.2) is 5.96 Å². The molecule has 4 rings (SSSR count). The number of nitrogens with one attached hydrogen (secondary N) is 3. The number of aliphatic imine (C=N–C) groups is 1. The van der Waals surface area contributed by atoms with Crippen LogP contribution in [0.15, 0.2) is 53.5 Å². The molecule has 6 nitrogen and oxygen atoms in total. The Balaban J connectivity index is 1.25. The van der Waals surface area contributed by atoms with Gasteiger partial charge in [-0.05, 0) is 60.7 Å². The lowest BCUT2D eigenvalue weighted by molar-refractivity contribution is 0.0951. The van der Waals surface area contributed by atoms with Crippen LogP contribution in [0.5, 0.6) is 5.75 Å². The number of amides is 1. The van der Waals surface area contributed by atoms with Crippen molar-refractivity contribution in [2.75, 3.05) is 25.0 Å². The van der Waals surface area contributed by atoms with E-state index >= 15 is 0 Å². The minimum atomic E-state index is -0.0875. The lowest BCUT2D eigenvalue weighted by atomic mass is 10.1. The SMILES string of the molecule is O=C(NCc1ccc(NC2=NCCN2)cc1)c1ccc(OCC2CC2)cc1. The summed E-state index contributed by atoms with van der Waals surface area (Å²) in [6.45, 7) is 2.94. The van der Waals surface area contributed by atoms with Gasteiger partial charge in [0.2, 0.25) is 0 Å². The van der Waals surface area contributed by atoms with Crippen LogP contribution in [0, 0.1) is 5.92 Å². The van der Waals surface area contributed by atoms with E-state index in [4.69, 9.17) is 4.74 Å². The number of carbonyl (C=O) groups is 1. The van der Waals surface area contributed by atoms with Crippen LogP contribution < -0.4 is 20.7 Å². The normalized spacial score (nSPS) is 15.6. The first-order chi connectivity index (χ1) is 13.3. The number of carbonyl (C=O) groups excluding carboxylic acids is 1. The quantitative estimate of drug-likeness (QED) is 0.706. The third-order valence-corrected chi connectivity index (χ3v) is 4.64. The fraction of sp³-hybridized carbons (Fsp3) is 0.333. The number of benzene rings is 2. The Morgan fingerprint density at radius 1 is 1.11 bits per heavy atom. The van der Waals surface area contributed by atoms with Gasteiger partial charge in [-0.3, -0.25) is 9.79 Å². The summed E-state index contributed by atoms with van der Waals surface area (Å²) < 4.78 is 5.70. The van der Waals surface area contributed by atoms with Crippen LogP contribution in [0.2, 0.25) is 0 Å². The lowest BCUT2D eigenvalue weighted by Gasteiger charge is -2.09. The number of ether oxygens (including phenoxy) is 1. The molecular formula is C21H24N4O2. The van der Waals surface area contributed by atoms with Gasteiger partial charge in [0.05, 0.1) is 13.2 Å². The molecule has 1 aliphatic heterocycles. The van der Waals surface area contributed by atoms with E-state index in [1.54, 1.807) is 12.1 Å². The van der Waals surface area contributed by atoms with Gasteiger partial charge in [-0.1, -0.05) is 12.1 Å². The molecule has 1 heterocycles. The van der Waals surface area contributed by atoms with Crippen LogP contribution in [0.3, 0.4) is 0 Å². The molecule has 6 heteroatoms. The summed E-state index contributed by atoms with van der Waals surface area (Å²) in [6, 6.07) is 15.3. The highest BCUT2D eigenvalue weighted by Gasteiger charge is 2.21. The molecule has 0 spiro atoms. The maximum absolute atomic E-state index is 12.3. The van der Waals surface area contributed by atoms with Gasteiger partial charge in [0, 0.05) is 24.3 Å². The lowest BCUT2D eigenvalue weighted by Crippen LogP contribution is -2.26. The van der Waals surface area contributed by atoms with Crippen molar-refractivity contribution < 1.29 is 9.53 Å². The topological polar surface area (TPSA) is 74.8 Å². The molecule has 0 radical (unpaired) electrons. The van der Waals surface area contributed by atoms with E-state index in [0.29, 0.717) is 12.1 Å². The summed E-state index contributed by atoms with van der Waals surface area (Å²) in [4.78, 5) is 16.6. The average molecular weight is 364 g/mol. The molecule has 1 saturated carbocycles. The molecule has 27 heavy (non-hydrogen) atoms. The van der Waals surface area contributed by atoms with Crippen molar-refractivity contribution in [2.24, 2.45) is 10.9 Å². The van der Waals surface area contributed by atoms with Gasteiger partial charge in [0.1, 0.15) is 5.75 Å². The van der Waals surface area contributed by atoms with Crippen molar-refractivity contribution >= 4 is 17.6 Å². The summed E-state index contributed by atoms with van der Waals surface area (Å²) in [5.74, 6) is 2.26. The van der Waals surface area contributed by atoms with Crippen molar-refractivity contribution in [1.82, 2.24) is 10.6 Å². The fourth-order valence-corrected chi connectivity index (χ4v) is 2.81. The number of anilines is 1. The molecule has 2 aromatic carbocycles. The monoisotopic (exact) mass is 364 g/mol. The molecule has 1 fully saturated rings. The Morgan fingerprint density at radius 3 is 2.56 bits per heavy atom. The molecular weight excluding hydrogens is 340 g/mol. The minimum Gasteiger partial charge on any atom is -0.493 e. The highest BCUT2D eigenvalue weighted by Crippen LogP contribution is 2.29. The molecule has 0 aromatic heterocycles. The molecule has 0 atom stereocenters. The smallest absolute Gasteiger partial charge is 0.251 e. The summed E-state index contributed by atoms with van der Waals surface area (Å²) in [6.07, 6.45) is 2.53. The largest absolute Gasteiger partial charge is 0.493 e. The number of guanidine groups is 1. The zero-order valence-electron chi connectivity index (χ0n) is 15.2. The Bertz CT molecular complexity index is 811. The van der Waals surface area contributed by atoms with Gasteiger partial charge >= 0.3 is 0 Å². The Kier molecular flexibility index (Phi) is 5.23. The molecule has 2 aliphatic rings. The van der Waals surface area contributed by atoms with Gasteiger partial charge in [0.25, 0.3) is 5.91 Å². The van der Waals surface area contributed by atoms with Gasteiger partial charge in [-0.15, -0.1) is 0 Å². The number of rotatable bonds is 7. The highest BCUT2D eigenvalue weighted by molar-refractivity contribution is 5.95. The second-order valence-electron chi connectivity index (χ2n) is 6.94. The van der Waals surface area contributed by atoms with E-state index in [9.17, 15) is 4.79 Å². The van der Waals surface area contributed by atoms with E-state index < -0.39 is 0 Å². The Hall–Kier alpha value is -3.02. The zero-order chi connectivity index (χ0) is 18.5. The van der Waals surface area contributed by atoms with Crippen molar-refractivity contribution in [1.29, 1.82) is 0 Å². The summed E-state index contributed by atoms with van der Waals surface area (Å²) in [7, 11) is 0. The Morgan fingerprint density at radius 2 is 1.89 bits per heavy atom. The van der Waals surface area contributed by atoms with E-state index in [2.05, 4.69) is 20.9 Å². The van der Waals surface area contributed by atoms with Crippen molar-refractivity contribution in [3.8, 4) is 5.75 Å². The predicted octanol–water partition coefficient (Wildman–Crippen LogP) is 2.78. The fourth-order valence-electron chi connectivity index (χ4n) is 2.81. The highest BCUT2D eigenvalue weighted by atomic mass is 16.5. The second kappa shape index (κ2) is 8.12. The minimum absolute atomic E-state index is 0.0875. The maximum Gasteiger partial charge on any atom is 0.251 e. The maximum atomic E-state index is 12.3. The first kappa shape index (κ1) is 17.4. The second-order valence-corrected chi connectivity index (χ2v) is 6.94. The van der Waals surface area contributed by atoms with Gasteiger partial charge < -0.3 is 20.7 Å². The van der Waals surface area contributed by atoms with Crippen molar-refractivity contribution in [2.45, 2.75) is 19.4 Å². The average Bonchev–Trinajstić information content (AvgIpc) is 3.40. The third-order valence-electron chi connectivity index (χ3n) is 4.64. The van der Waals surface area contributed by atoms with Crippen LogP contribution >= 0.6 is 0 Å². The zero-order valence-corrected chi connectivity index (χ0v) is 15.2. The molecule has 0 unspecified atom stereocenters. The van der Waals surface area contributed by atoms with E-state index in [-0.39, 0.29) is 5.91 Å². The van der Waals surface area contributed by atoms with Crippen LogP contribution in [0.1, 0.15) is 28.8 Å². The predicted molar refractivity (Wildman–Crippen MR) is 106 cm³/mol. The van der Waals surface area contributed by atoms with Gasteiger partial charge in [-0.25, -0.2) is 0 Å². The number of hydrogen-bond donors (Lipinski definition) is 3. The molecule has 1 amide bonds. The van der Waals surface area contributed by atoms with Crippen LogP contribution in [0.25, 0.3) is 0 Å². The first-order valence-electron chi connectivity index (χ1n) is 9.41. The van der Waals surface area contributed by atoms with E-state index in [1.165, 1.54) is 12.8 Å². The number of hydrogen-bond acceptors (Lipinski definition) is 5. The van der Waals surface area contributed by atoms with Crippen LogP contribution in [0.4, 0.5) is 5.69 Å². The third kappa shape index (κ3) is 5.00. The standard InChI is InChI=1S/C21H24N4O2/c26-20(17-5-9-19(10-6-17)27-14-16-1-2-16)24-13-15-3-7-18(8-4-15)25-21-22-11-12-23-21/h3-10,16H,1-2,11-14H2,(H,24,26)(H2,22,23,25). The van der Waals surface area contributed by atoms with Crippen LogP contribution in [-0.4, -0.2) is 31.6 Å². The summed E-state index contributed by atoms with van der Waals surface area (Å²) >= 11 is 0.